The summed E-state index contributed by atoms with van der Waals surface area (Å²) in [4.78, 5) is 5.02. The number of anilines is 1. The van der Waals surface area contributed by atoms with E-state index in [2.05, 4.69) is 60.8 Å². The van der Waals surface area contributed by atoms with Crippen LogP contribution in [0.25, 0.3) is 0 Å². The summed E-state index contributed by atoms with van der Waals surface area (Å²) >= 11 is 0. The van der Waals surface area contributed by atoms with Crippen molar-refractivity contribution >= 4 is 5.69 Å². The fourth-order valence-electron chi connectivity index (χ4n) is 3.72. The first-order valence-electron chi connectivity index (χ1n) is 9.18. The summed E-state index contributed by atoms with van der Waals surface area (Å²) in [6.45, 7) is 14.5. The van der Waals surface area contributed by atoms with Gasteiger partial charge in [0.15, 0.2) is 0 Å². The van der Waals surface area contributed by atoms with Gasteiger partial charge in [-0.25, -0.2) is 0 Å². The minimum atomic E-state index is 0.135. The van der Waals surface area contributed by atoms with Crippen LogP contribution in [-0.2, 0) is 13.1 Å². The molecule has 5 nitrogen and oxygen atoms in total. The predicted octanol–water partition coefficient (Wildman–Crippen LogP) is 2.43. The maximum atomic E-state index is 9.17. The molecule has 0 unspecified atom stereocenters. The van der Waals surface area contributed by atoms with E-state index in [0.717, 1.165) is 38.4 Å². The zero-order valence-corrected chi connectivity index (χ0v) is 15.9. The first kappa shape index (κ1) is 18.0. The van der Waals surface area contributed by atoms with E-state index in [1.807, 2.05) is 4.68 Å². The molecule has 1 aliphatic rings. The second kappa shape index (κ2) is 7.58. The molecule has 0 spiro atoms. The smallest absolute Gasteiger partial charge is 0.0644 e. The summed E-state index contributed by atoms with van der Waals surface area (Å²) in [5.41, 5.74) is 7.72. The molecule has 1 aromatic heterocycles. The van der Waals surface area contributed by atoms with Crippen LogP contribution in [0.2, 0.25) is 0 Å². The highest BCUT2D eigenvalue weighted by Gasteiger charge is 2.21. The van der Waals surface area contributed by atoms with E-state index >= 15 is 0 Å². The number of nitrogens with zero attached hydrogens (tertiary/aromatic N) is 4. The summed E-state index contributed by atoms with van der Waals surface area (Å²) in [5, 5.41) is 13.7. The molecule has 1 aromatic carbocycles. The van der Waals surface area contributed by atoms with E-state index in [9.17, 15) is 0 Å². The molecule has 1 saturated heterocycles. The molecule has 1 fully saturated rings. The number of benzene rings is 1. The van der Waals surface area contributed by atoms with Gasteiger partial charge in [0.25, 0.3) is 0 Å². The summed E-state index contributed by atoms with van der Waals surface area (Å²) in [6, 6.07) is 6.59. The molecule has 25 heavy (non-hydrogen) atoms. The van der Waals surface area contributed by atoms with E-state index < -0.39 is 0 Å². The molecule has 136 valence electrons. The highest BCUT2D eigenvalue weighted by atomic mass is 16.3. The van der Waals surface area contributed by atoms with Crippen molar-refractivity contribution in [1.29, 1.82) is 0 Å². The molecule has 1 aliphatic heterocycles. The second-order valence-electron chi connectivity index (χ2n) is 7.08. The van der Waals surface area contributed by atoms with Crippen LogP contribution in [0, 0.1) is 27.7 Å². The number of hydrogen-bond donors (Lipinski definition) is 1. The molecule has 0 radical (unpaired) electrons. The SMILES string of the molecule is Cc1cccc(N2CCN(Cc3c(C)nn(CCO)c3C)CC2)c1C. The molecule has 3 rings (SSSR count). The number of rotatable bonds is 5. The van der Waals surface area contributed by atoms with Gasteiger partial charge in [0.05, 0.1) is 18.8 Å². The lowest BCUT2D eigenvalue weighted by molar-refractivity contribution is 0.248. The number of aromatic nitrogens is 2. The number of aliphatic hydroxyl groups excluding tert-OH is 1. The highest BCUT2D eigenvalue weighted by Crippen LogP contribution is 2.24. The van der Waals surface area contributed by atoms with Gasteiger partial charge >= 0.3 is 0 Å². The molecule has 0 saturated carbocycles. The van der Waals surface area contributed by atoms with Gasteiger partial charge in [0.1, 0.15) is 0 Å². The van der Waals surface area contributed by atoms with Gasteiger partial charge in [0, 0.05) is 49.7 Å². The molecular formula is C20H30N4O. The number of piperazine rings is 1. The Bertz CT molecular complexity index is 730. The van der Waals surface area contributed by atoms with Crippen LogP contribution < -0.4 is 4.90 Å². The van der Waals surface area contributed by atoms with Gasteiger partial charge < -0.3 is 10.0 Å². The van der Waals surface area contributed by atoms with Crippen molar-refractivity contribution in [3.63, 3.8) is 0 Å². The lowest BCUT2D eigenvalue weighted by atomic mass is 10.1. The fraction of sp³-hybridized carbons (Fsp3) is 0.550. The third-order valence-corrected chi connectivity index (χ3v) is 5.51. The van der Waals surface area contributed by atoms with Crippen LogP contribution >= 0.6 is 0 Å². The summed E-state index contributed by atoms with van der Waals surface area (Å²) in [6.07, 6.45) is 0. The predicted molar refractivity (Wildman–Crippen MR) is 102 cm³/mol. The van der Waals surface area contributed by atoms with E-state index in [0.29, 0.717) is 6.54 Å². The molecule has 0 bridgehead atoms. The first-order valence-corrected chi connectivity index (χ1v) is 9.18. The topological polar surface area (TPSA) is 44.5 Å². The Labute approximate surface area is 150 Å². The van der Waals surface area contributed by atoms with Gasteiger partial charge in [-0.1, -0.05) is 12.1 Å². The fourth-order valence-corrected chi connectivity index (χ4v) is 3.72. The zero-order chi connectivity index (χ0) is 18.0. The Balaban J connectivity index is 1.64. The molecule has 0 amide bonds. The average Bonchev–Trinajstić information content (AvgIpc) is 2.86. The van der Waals surface area contributed by atoms with Gasteiger partial charge in [-0.2, -0.15) is 5.10 Å². The minimum absolute atomic E-state index is 0.135. The van der Waals surface area contributed by atoms with E-state index in [-0.39, 0.29) is 6.61 Å². The largest absolute Gasteiger partial charge is 0.394 e. The van der Waals surface area contributed by atoms with Crippen LogP contribution in [0.3, 0.4) is 0 Å². The average molecular weight is 342 g/mol. The Morgan fingerprint density at radius 2 is 1.76 bits per heavy atom. The van der Waals surface area contributed by atoms with Gasteiger partial charge in [-0.3, -0.25) is 9.58 Å². The molecule has 0 atom stereocenters. The zero-order valence-electron chi connectivity index (χ0n) is 15.9. The van der Waals surface area contributed by atoms with Gasteiger partial charge in [-0.15, -0.1) is 0 Å². The lowest BCUT2D eigenvalue weighted by Crippen LogP contribution is -2.46. The Hall–Kier alpha value is -1.85. The van der Waals surface area contributed by atoms with Crippen molar-refractivity contribution in [2.24, 2.45) is 0 Å². The lowest BCUT2D eigenvalue weighted by Gasteiger charge is -2.37. The van der Waals surface area contributed by atoms with Crippen molar-refractivity contribution in [3.8, 4) is 0 Å². The van der Waals surface area contributed by atoms with Gasteiger partial charge in [-0.05, 0) is 44.9 Å². The van der Waals surface area contributed by atoms with Gasteiger partial charge in [0.2, 0.25) is 0 Å². The van der Waals surface area contributed by atoms with Crippen LogP contribution in [0.5, 0.6) is 0 Å². The van der Waals surface area contributed by atoms with Crippen molar-refractivity contribution < 1.29 is 5.11 Å². The van der Waals surface area contributed by atoms with E-state index in [4.69, 9.17) is 5.11 Å². The maximum Gasteiger partial charge on any atom is 0.0644 e. The first-order chi connectivity index (χ1) is 12.0. The van der Waals surface area contributed by atoms with E-state index in [1.165, 1.54) is 28.1 Å². The summed E-state index contributed by atoms with van der Waals surface area (Å²) < 4.78 is 1.93. The highest BCUT2D eigenvalue weighted by molar-refractivity contribution is 5.56. The normalized spacial score (nSPS) is 15.8. The third-order valence-electron chi connectivity index (χ3n) is 5.51. The molecular weight excluding hydrogens is 312 g/mol. The number of hydrogen-bond acceptors (Lipinski definition) is 4. The summed E-state index contributed by atoms with van der Waals surface area (Å²) in [7, 11) is 0. The second-order valence-corrected chi connectivity index (χ2v) is 7.08. The van der Waals surface area contributed by atoms with Crippen LogP contribution in [-0.4, -0.2) is 52.6 Å². The Morgan fingerprint density at radius 3 is 2.44 bits per heavy atom. The molecule has 2 heterocycles. The maximum absolute atomic E-state index is 9.17. The Kier molecular flexibility index (Phi) is 5.45. The van der Waals surface area contributed by atoms with Crippen LogP contribution in [0.1, 0.15) is 28.1 Å². The van der Waals surface area contributed by atoms with E-state index in [1.54, 1.807) is 0 Å². The standard InChI is InChI=1S/C20H30N4O/c1-15-6-5-7-20(16(15)2)23-10-8-22(9-11-23)14-19-17(3)21-24(12-13-25)18(19)4/h5-7,25H,8-14H2,1-4H3. The summed E-state index contributed by atoms with van der Waals surface area (Å²) in [5.74, 6) is 0. The van der Waals surface area contributed by atoms with Crippen LogP contribution in [0.4, 0.5) is 5.69 Å². The van der Waals surface area contributed by atoms with Crippen molar-refractivity contribution in [2.45, 2.75) is 40.8 Å². The van der Waals surface area contributed by atoms with Crippen LogP contribution in [0.15, 0.2) is 18.2 Å². The quantitative estimate of drug-likeness (QED) is 0.906. The number of aliphatic hydroxyl groups is 1. The third kappa shape index (κ3) is 3.72. The molecule has 0 aliphatic carbocycles. The molecule has 2 aromatic rings. The Morgan fingerprint density at radius 1 is 1.04 bits per heavy atom. The molecule has 5 heteroatoms. The van der Waals surface area contributed by atoms with Crippen molar-refractivity contribution in [2.75, 3.05) is 37.7 Å². The van der Waals surface area contributed by atoms with Crippen molar-refractivity contribution in [1.82, 2.24) is 14.7 Å². The molecule has 1 N–H and O–H groups in total. The minimum Gasteiger partial charge on any atom is -0.394 e. The number of aryl methyl sites for hydroxylation is 2. The van der Waals surface area contributed by atoms with Crippen molar-refractivity contribution in [3.05, 3.63) is 46.3 Å². The monoisotopic (exact) mass is 342 g/mol.